The van der Waals surface area contributed by atoms with Gasteiger partial charge in [-0.05, 0) is 0 Å². The summed E-state index contributed by atoms with van der Waals surface area (Å²) in [5.74, 6) is 0. The predicted octanol–water partition coefficient (Wildman–Crippen LogP) is 0.195. The molecule has 0 spiro atoms. The summed E-state index contributed by atoms with van der Waals surface area (Å²) in [5.41, 5.74) is 0. The van der Waals surface area contributed by atoms with E-state index in [9.17, 15) is 0 Å². The molecule has 0 N–H and O–H groups in total. The van der Waals surface area contributed by atoms with Gasteiger partial charge in [-0.3, -0.25) is 0 Å². The predicted molar refractivity (Wildman–Crippen MR) is 35.6 cm³/mol. The first-order chi connectivity index (χ1) is 6.00. The topological polar surface area (TPSA) is 143 Å². The van der Waals surface area contributed by atoms with Crippen LogP contribution >= 0.6 is 0 Å². The molecule has 0 bridgehead atoms. The van der Waals surface area contributed by atoms with Crippen molar-refractivity contribution < 1.29 is 20.1 Å². The molecule has 0 unspecified atom stereocenters. The molecule has 2 radical (unpaired) electrons. The van der Waals surface area contributed by atoms with E-state index in [-0.39, 0.29) is 71.5 Å². The quantitative estimate of drug-likeness (QED) is 0.429. The van der Waals surface area contributed by atoms with Gasteiger partial charge in [-0.2, -0.15) is 0 Å². The summed E-state index contributed by atoms with van der Waals surface area (Å²) in [4.78, 5) is 0. The van der Waals surface area contributed by atoms with Crippen LogP contribution in [0, 0.1) is 71.0 Å². The van der Waals surface area contributed by atoms with Crippen molar-refractivity contribution in [3.05, 3.63) is 39.4 Å². The SMILES string of the molecule is [C-]#N.[C-]#N.[C-]#N.[C-]#N.[C-]#N.[C-]#N.[Ir].[K]. The van der Waals surface area contributed by atoms with Crippen LogP contribution in [0.15, 0.2) is 0 Å². The molecule has 0 saturated heterocycles. The Morgan fingerprint density at radius 1 is 0.357 bits per heavy atom. The second-order valence-electron chi connectivity index (χ2n) is 0. The zero-order valence-electron chi connectivity index (χ0n) is 7.02. The van der Waals surface area contributed by atoms with Crippen LogP contribution in [-0.4, -0.2) is 51.4 Å². The maximum Gasteiger partial charge on any atom is 0 e. The monoisotopic (exact) mass is 388 g/mol. The van der Waals surface area contributed by atoms with Crippen LogP contribution in [0.25, 0.3) is 0 Å². The van der Waals surface area contributed by atoms with Crippen LogP contribution in [0.1, 0.15) is 0 Å². The first kappa shape index (κ1) is 72.4. The maximum atomic E-state index is 6.25. The number of hydrogen-bond donors (Lipinski definition) is 0. The van der Waals surface area contributed by atoms with Crippen molar-refractivity contribution in [2.45, 2.75) is 0 Å². The third kappa shape index (κ3) is 1960. The Morgan fingerprint density at radius 3 is 0.357 bits per heavy atom. The smallest absolute Gasteiger partial charge is 0 e. The molecule has 6 nitrogen and oxygen atoms in total. The van der Waals surface area contributed by atoms with Crippen molar-refractivity contribution in [2.75, 3.05) is 0 Å². The average molecular weight is 387 g/mol. The fraction of sp³-hybridized carbons (Fsp3) is 0. The third-order valence-corrected chi connectivity index (χ3v) is 0. The van der Waals surface area contributed by atoms with Gasteiger partial charge in [0.1, 0.15) is 0 Å². The van der Waals surface area contributed by atoms with E-state index in [2.05, 4.69) is 0 Å². The van der Waals surface area contributed by atoms with E-state index in [4.69, 9.17) is 71.0 Å². The van der Waals surface area contributed by atoms with Gasteiger partial charge in [-0.1, -0.05) is 0 Å². The van der Waals surface area contributed by atoms with Crippen molar-refractivity contribution in [2.24, 2.45) is 0 Å². The Labute approximate surface area is 140 Å². The zero-order valence-corrected chi connectivity index (χ0v) is 12.5. The molecule has 0 amide bonds. The van der Waals surface area contributed by atoms with Gasteiger partial charge in [0.25, 0.3) is 0 Å². The molecule has 0 fully saturated rings. The molecular weight excluding hydrogens is 387 g/mol. The van der Waals surface area contributed by atoms with Gasteiger partial charge in [0.2, 0.25) is 0 Å². The van der Waals surface area contributed by atoms with Gasteiger partial charge in [0.05, 0.1) is 0 Å². The molecule has 0 aliphatic carbocycles. The van der Waals surface area contributed by atoms with Crippen LogP contribution in [0.2, 0.25) is 0 Å². The molecule has 0 aromatic rings. The van der Waals surface area contributed by atoms with E-state index in [1.807, 2.05) is 0 Å². The van der Waals surface area contributed by atoms with Crippen LogP contribution in [0.4, 0.5) is 0 Å². The van der Waals surface area contributed by atoms with E-state index < -0.39 is 0 Å². The fourth-order valence-corrected chi connectivity index (χ4v) is 0. The summed E-state index contributed by atoms with van der Waals surface area (Å²) in [5, 5.41) is 37.5. The Hall–Kier alpha value is -0.774. The summed E-state index contributed by atoms with van der Waals surface area (Å²) in [6.45, 7) is 28.5. The molecular formula is C6IrKN6-6. The summed E-state index contributed by atoms with van der Waals surface area (Å²) < 4.78 is 0. The Kier molecular flexibility index (Phi) is 13300. The van der Waals surface area contributed by atoms with E-state index in [1.54, 1.807) is 0 Å². The molecule has 0 aliphatic heterocycles. The molecule has 0 heterocycles. The van der Waals surface area contributed by atoms with E-state index in [1.165, 1.54) is 0 Å². The molecule has 0 aromatic carbocycles. The maximum absolute atomic E-state index is 6.25. The minimum atomic E-state index is 0. The first-order valence-corrected chi connectivity index (χ1v) is 1.34. The molecule has 0 saturated carbocycles. The Morgan fingerprint density at radius 2 is 0.357 bits per heavy atom. The van der Waals surface area contributed by atoms with Crippen LogP contribution in [0.5, 0.6) is 0 Å². The number of hydrogen-bond acceptors (Lipinski definition) is 6. The van der Waals surface area contributed by atoms with Crippen LogP contribution in [0.3, 0.4) is 0 Å². The Bertz CT molecular complexity index is 97.3. The molecule has 0 rings (SSSR count). The van der Waals surface area contributed by atoms with Crippen molar-refractivity contribution in [3.63, 3.8) is 0 Å². The summed E-state index contributed by atoms with van der Waals surface area (Å²) in [6.07, 6.45) is 0. The van der Waals surface area contributed by atoms with Gasteiger partial charge in [-0.15, -0.1) is 0 Å². The van der Waals surface area contributed by atoms with E-state index in [0.29, 0.717) is 0 Å². The van der Waals surface area contributed by atoms with Crippen molar-refractivity contribution >= 4 is 51.4 Å². The molecule has 0 atom stereocenters. The van der Waals surface area contributed by atoms with Gasteiger partial charge >= 0.3 is 0 Å². The van der Waals surface area contributed by atoms with Crippen molar-refractivity contribution in [1.29, 1.82) is 31.6 Å². The first-order valence-electron chi connectivity index (χ1n) is 1.34. The molecule has 70 valence electrons. The van der Waals surface area contributed by atoms with Crippen LogP contribution in [-0.2, 0) is 20.1 Å². The second kappa shape index (κ2) is 2570. The molecule has 0 aliphatic rings. The van der Waals surface area contributed by atoms with Crippen molar-refractivity contribution in [1.82, 2.24) is 0 Å². The summed E-state index contributed by atoms with van der Waals surface area (Å²) >= 11 is 0. The zero-order chi connectivity index (χ0) is 12.0. The average Bonchev–Trinajstić information content (AvgIpc) is 2.33. The van der Waals surface area contributed by atoms with Gasteiger partial charge in [-0.25, -0.2) is 0 Å². The summed E-state index contributed by atoms with van der Waals surface area (Å²) in [6, 6.07) is 0. The minimum absolute atomic E-state index is 0. The van der Waals surface area contributed by atoms with E-state index in [0.717, 1.165) is 0 Å². The minimum Gasteiger partial charge on any atom is -0.512 e. The van der Waals surface area contributed by atoms with Gasteiger partial charge < -0.3 is 71.0 Å². The Balaban J connectivity index is -0.00000000500. The summed E-state index contributed by atoms with van der Waals surface area (Å²) in [7, 11) is 0. The normalized spacial score (nSPS) is 0.857. The standard InChI is InChI=1S/6CN.Ir.K/c6*1-2;;/q6*-1;;. The molecule has 8 heteroatoms. The van der Waals surface area contributed by atoms with Gasteiger partial charge in [0.15, 0.2) is 0 Å². The van der Waals surface area contributed by atoms with Gasteiger partial charge in [0, 0.05) is 71.5 Å². The van der Waals surface area contributed by atoms with Crippen molar-refractivity contribution in [3.8, 4) is 0 Å². The molecule has 0 aromatic heterocycles. The molecule has 14 heavy (non-hydrogen) atoms. The fourth-order valence-electron chi connectivity index (χ4n) is 0. The van der Waals surface area contributed by atoms with Crippen LogP contribution < -0.4 is 0 Å². The number of nitrogens with zero attached hydrogens (tertiary/aromatic N) is 6. The largest absolute Gasteiger partial charge is 0.512 e. The second-order valence-corrected chi connectivity index (χ2v) is 0. The van der Waals surface area contributed by atoms with E-state index >= 15 is 0 Å². The third-order valence-electron chi connectivity index (χ3n) is 0. The number of rotatable bonds is 0.